The van der Waals surface area contributed by atoms with E-state index in [0.29, 0.717) is 31.2 Å². The molecule has 1 N–H and O–H groups in total. The number of amides is 1. The van der Waals surface area contributed by atoms with Crippen molar-refractivity contribution in [2.45, 2.75) is 0 Å². The van der Waals surface area contributed by atoms with Gasteiger partial charge < -0.3 is 14.9 Å². The van der Waals surface area contributed by atoms with Gasteiger partial charge in [0.1, 0.15) is 12.4 Å². The first-order valence-electron chi connectivity index (χ1n) is 5.46. The molecule has 0 aromatic carbocycles. The molecular weight excluding hydrogens is 242 g/mol. The third-order valence-electron chi connectivity index (χ3n) is 2.80. The highest BCUT2D eigenvalue weighted by molar-refractivity contribution is 6.30. The number of halogens is 1. The van der Waals surface area contributed by atoms with Crippen molar-refractivity contribution in [3.05, 3.63) is 23.4 Å². The number of piperazine rings is 1. The molecule has 1 aliphatic heterocycles. The molecule has 1 aliphatic rings. The molecule has 0 spiro atoms. The fourth-order valence-corrected chi connectivity index (χ4v) is 2.01. The molecule has 6 heteroatoms. The van der Waals surface area contributed by atoms with Crippen LogP contribution in [-0.4, -0.2) is 53.7 Å². The van der Waals surface area contributed by atoms with E-state index in [1.54, 1.807) is 17.2 Å². The second-order valence-electron chi connectivity index (χ2n) is 3.86. The summed E-state index contributed by atoms with van der Waals surface area (Å²) in [5.41, 5.74) is 0. The zero-order valence-corrected chi connectivity index (χ0v) is 10.1. The Morgan fingerprint density at radius 1 is 1.41 bits per heavy atom. The summed E-state index contributed by atoms with van der Waals surface area (Å²) in [6, 6.07) is 3.54. The van der Waals surface area contributed by atoms with E-state index in [2.05, 4.69) is 9.88 Å². The maximum atomic E-state index is 11.3. The van der Waals surface area contributed by atoms with Gasteiger partial charge in [0.05, 0.1) is 0 Å². The van der Waals surface area contributed by atoms with Gasteiger partial charge in [-0.1, -0.05) is 11.6 Å². The molecule has 0 aliphatic carbocycles. The summed E-state index contributed by atoms with van der Waals surface area (Å²) in [4.78, 5) is 19.3. The lowest BCUT2D eigenvalue weighted by atomic mass is 10.3. The number of pyridine rings is 1. The Kier molecular flexibility index (Phi) is 3.81. The van der Waals surface area contributed by atoms with Crippen molar-refractivity contribution in [3.63, 3.8) is 0 Å². The number of nitrogens with zero attached hydrogens (tertiary/aromatic N) is 3. The van der Waals surface area contributed by atoms with E-state index < -0.39 is 6.61 Å². The molecule has 92 valence electrons. The van der Waals surface area contributed by atoms with Crippen LogP contribution in [-0.2, 0) is 4.79 Å². The molecule has 0 saturated carbocycles. The van der Waals surface area contributed by atoms with Gasteiger partial charge >= 0.3 is 0 Å². The molecule has 0 atom stereocenters. The number of aliphatic hydroxyl groups excluding tert-OH is 1. The summed E-state index contributed by atoms with van der Waals surface area (Å²) in [5.74, 6) is 0.609. The normalized spacial score (nSPS) is 16.1. The fourth-order valence-electron chi connectivity index (χ4n) is 1.85. The molecule has 2 rings (SSSR count). The molecule has 0 bridgehead atoms. The second kappa shape index (κ2) is 5.33. The molecule has 1 saturated heterocycles. The number of hydrogen-bond acceptors (Lipinski definition) is 4. The van der Waals surface area contributed by atoms with Crippen molar-refractivity contribution in [1.82, 2.24) is 9.88 Å². The zero-order valence-electron chi connectivity index (χ0n) is 9.34. The van der Waals surface area contributed by atoms with E-state index in [1.807, 2.05) is 6.07 Å². The van der Waals surface area contributed by atoms with Crippen molar-refractivity contribution in [2.75, 3.05) is 37.7 Å². The smallest absolute Gasteiger partial charge is 0.248 e. The Morgan fingerprint density at radius 2 is 2.12 bits per heavy atom. The number of carbonyl (C=O) groups is 1. The molecule has 1 aromatic heterocycles. The van der Waals surface area contributed by atoms with Gasteiger partial charge in [-0.05, 0) is 12.1 Å². The quantitative estimate of drug-likeness (QED) is 0.830. The van der Waals surface area contributed by atoms with Gasteiger partial charge in [-0.15, -0.1) is 0 Å². The number of rotatable bonds is 2. The van der Waals surface area contributed by atoms with Crippen LogP contribution in [0.1, 0.15) is 0 Å². The average molecular weight is 256 g/mol. The number of aromatic nitrogens is 1. The monoisotopic (exact) mass is 255 g/mol. The van der Waals surface area contributed by atoms with Gasteiger partial charge in [0.2, 0.25) is 5.91 Å². The van der Waals surface area contributed by atoms with Crippen molar-refractivity contribution < 1.29 is 9.90 Å². The third-order valence-corrected chi connectivity index (χ3v) is 3.03. The molecule has 1 amide bonds. The Morgan fingerprint density at radius 3 is 2.71 bits per heavy atom. The lowest BCUT2D eigenvalue weighted by Crippen LogP contribution is -2.49. The Bertz CT molecular complexity index is 405. The summed E-state index contributed by atoms with van der Waals surface area (Å²) < 4.78 is 0. The molecule has 1 aromatic rings. The molecule has 5 nitrogen and oxygen atoms in total. The van der Waals surface area contributed by atoms with Crippen molar-refractivity contribution >= 4 is 23.3 Å². The van der Waals surface area contributed by atoms with Crippen molar-refractivity contribution in [1.29, 1.82) is 0 Å². The summed E-state index contributed by atoms with van der Waals surface area (Å²) in [7, 11) is 0. The molecule has 0 radical (unpaired) electrons. The Balaban J connectivity index is 1.97. The molecule has 1 fully saturated rings. The van der Waals surface area contributed by atoms with Gasteiger partial charge in [-0.2, -0.15) is 0 Å². The van der Waals surface area contributed by atoms with E-state index in [9.17, 15) is 4.79 Å². The maximum absolute atomic E-state index is 11.3. The van der Waals surface area contributed by atoms with E-state index in [0.717, 1.165) is 5.82 Å². The minimum atomic E-state index is -0.421. The minimum Gasteiger partial charge on any atom is -0.387 e. The highest BCUT2D eigenvalue weighted by atomic mass is 35.5. The molecular formula is C11H14ClN3O2. The first-order chi connectivity index (χ1) is 8.20. The van der Waals surface area contributed by atoms with Crippen LogP contribution < -0.4 is 4.90 Å². The van der Waals surface area contributed by atoms with E-state index in [4.69, 9.17) is 16.7 Å². The van der Waals surface area contributed by atoms with Gasteiger partial charge in [-0.25, -0.2) is 4.98 Å². The van der Waals surface area contributed by atoms with Gasteiger partial charge in [0.15, 0.2) is 0 Å². The largest absolute Gasteiger partial charge is 0.387 e. The van der Waals surface area contributed by atoms with Gasteiger partial charge in [-0.3, -0.25) is 4.79 Å². The predicted molar refractivity (Wildman–Crippen MR) is 65.1 cm³/mol. The average Bonchev–Trinajstić information content (AvgIpc) is 2.38. The van der Waals surface area contributed by atoms with Crippen molar-refractivity contribution in [2.24, 2.45) is 0 Å². The minimum absolute atomic E-state index is 0.219. The van der Waals surface area contributed by atoms with Crippen LogP contribution in [0.2, 0.25) is 5.02 Å². The first-order valence-corrected chi connectivity index (χ1v) is 5.83. The topological polar surface area (TPSA) is 56.7 Å². The SMILES string of the molecule is O=C(CO)N1CCN(c2cc(Cl)ccn2)CC1. The number of anilines is 1. The van der Waals surface area contributed by atoms with E-state index >= 15 is 0 Å². The maximum Gasteiger partial charge on any atom is 0.248 e. The first kappa shape index (κ1) is 12.1. The van der Waals surface area contributed by atoms with E-state index in [-0.39, 0.29) is 5.91 Å². The summed E-state index contributed by atoms with van der Waals surface area (Å²) >= 11 is 5.90. The number of carbonyl (C=O) groups excluding carboxylic acids is 1. The van der Waals surface area contributed by atoms with Gasteiger partial charge in [0.25, 0.3) is 0 Å². The highest BCUT2D eigenvalue weighted by Crippen LogP contribution is 2.17. The van der Waals surface area contributed by atoms with Crippen LogP contribution in [0.15, 0.2) is 18.3 Å². The second-order valence-corrected chi connectivity index (χ2v) is 4.29. The lowest BCUT2D eigenvalue weighted by molar-refractivity contribution is -0.134. The number of aliphatic hydroxyl groups is 1. The van der Waals surface area contributed by atoms with Crippen LogP contribution >= 0.6 is 11.6 Å². The van der Waals surface area contributed by atoms with Crippen molar-refractivity contribution in [3.8, 4) is 0 Å². The van der Waals surface area contributed by atoms with Crippen LogP contribution in [0.25, 0.3) is 0 Å². The summed E-state index contributed by atoms with van der Waals surface area (Å²) in [6.45, 7) is 2.20. The van der Waals surface area contributed by atoms with E-state index in [1.165, 1.54) is 0 Å². The molecule has 17 heavy (non-hydrogen) atoms. The zero-order chi connectivity index (χ0) is 12.3. The fraction of sp³-hybridized carbons (Fsp3) is 0.455. The van der Waals surface area contributed by atoms with Crippen LogP contribution in [0.4, 0.5) is 5.82 Å². The molecule has 2 heterocycles. The highest BCUT2D eigenvalue weighted by Gasteiger charge is 2.21. The molecule has 0 unspecified atom stereocenters. The number of hydrogen-bond donors (Lipinski definition) is 1. The van der Waals surface area contributed by atoms with Gasteiger partial charge in [0, 0.05) is 37.4 Å². The van der Waals surface area contributed by atoms with Crippen LogP contribution in [0.5, 0.6) is 0 Å². The lowest BCUT2D eigenvalue weighted by Gasteiger charge is -2.35. The Labute approximate surface area is 105 Å². The standard InChI is InChI=1S/C11H14ClN3O2/c12-9-1-2-13-10(7-9)14-3-5-15(6-4-14)11(17)8-16/h1-2,7,16H,3-6,8H2. The van der Waals surface area contributed by atoms with Crippen LogP contribution in [0, 0.1) is 0 Å². The Hall–Kier alpha value is -1.33. The summed E-state index contributed by atoms with van der Waals surface area (Å²) in [5, 5.41) is 9.43. The predicted octanol–water partition coefficient (Wildman–Crippen LogP) is 0.376. The summed E-state index contributed by atoms with van der Waals surface area (Å²) in [6.07, 6.45) is 1.67. The van der Waals surface area contributed by atoms with Crippen LogP contribution in [0.3, 0.4) is 0 Å². The third kappa shape index (κ3) is 2.87.